The molecule has 1 N–H and O–H groups in total. The lowest BCUT2D eigenvalue weighted by atomic mass is 10.1. The van der Waals surface area contributed by atoms with Crippen molar-refractivity contribution in [2.24, 2.45) is 5.92 Å². The van der Waals surface area contributed by atoms with E-state index in [0.717, 1.165) is 17.8 Å². The highest BCUT2D eigenvalue weighted by Gasteiger charge is 2.04. The van der Waals surface area contributed by atoms with Crippen LogP contribution in [0.25, 0.3) is 0 Å². The summed E-state index contributed by atoms with van der Waals surface area (Å²) in [7, 11) is 0. The Bertz CT molecular complexity index is 388. The van der Waals surface area contributed by atoms with E-state index in [1.54, 1.807) is 6.07 Å². The van der Waals surface area contributed by atoms with Crippen LogP contribution in [-0.4, -0.2) is 0 Å². The van der Waals surface area contributed by atoms with Crippen molar-refractivity contribution >= 4 is 5.69 Å². The van der Waals surface area contributed by atoms with Gasteiger partial charge in [0.2, 0.25) is 0 Å². The predicted octanol–water partition coefficient (Wildman–Crippen LogP) is 3.53. The molecule has 2 nitrogen and oxygen atoms in total. The van der Waals surface area contributed by atoms with Gasteiger partial charge < -0.3 is 5.32 Å². The van der Waals surface area contributed by atoms with Crippen LogP contribution in [0.2, 0.25) is 0 Å². The molecule has 0 aliphatic rings. The normalized spacial score (nSPS) is 11.5. The highest BCUT2D eigenvalue weighted by molar-refractivity contribution is 5.52. The Labute approximate surface area is 91.2 Å². The molecule has 0 saturated carbocycles. The van der Waals surface area contributed by atoms with Gasteiger partial charge in [0.1, 0.15) is 0 Å². The van der Waals surface area contributed by atoms with Crippen molar-refractivity contribution in [3.63, 3.8) is 0 Å². The van der Waals surface area contributed by atoms with Crippen molar-refractivity contribution in [2.75, 3.05) is 5.32 Å². The maximum Gasteiger partial charge on any atom is 0.0992 e. The lowest BCUT2D eigenvalue weighted by Gasteiger charge is -2.15. The summed E-state index contributed by atoms with van der Waals surface area (Å²) in [5, 5.41) is 12.0. The molecule has 2 heteroatoms. The molecular weight excluding hydrogens is 184 g/mol. The van der Waals surface area contributed by atoms with E-state index in [0.29, 0.717) is 11.5 Å². The second-order valence-electron chi connectivity index (χ2n) is 3.65. The first-order valence-electron chi connectivity index (χ1n) is 5.13. The molecule has 15 heavy (non-hydrogen) atoms. The molecule has 0 fully saturated rings. The maximum absolute atomic E-state index is 8.75. The zero-order valence-electron chi connectivity index (χ0n) is 9.25. The first-order valence-corrected chi connectivity index (χ1v) is 5.13. The van der Waals surface area contributed by atoms with Crippen LogP contribution < -0.4 is 5.32 Å². The van der Waals surface area contributed by atoms with Crippen LogP contribution in [0.5, 0.6) is 0 Å². The van der Waals surface area contributed by atoms with Crippen LogP contribution in [0, 0.1) is 17.2 Å². The van der Waals surface area contributed by atoms with Gasteiger partial charge in [-0.15, -0.1) is 0 Å². The van der Waals surface area contributed by atoms with Crippen LogP contribution in [0.3, 0.4) is 0 Å². The average Bonchev–Trinajstić information content (AvgIpc) is 2.28. The molecule has 1 aromatic rings. The van der Waals surface area contributed by atoms with Crippen LogP contribution in [0.1, 0.15) is 25.8 Å². The molecule has 0 spiro atoms. The van der Waals surface area contributed by atoms with Crippen molar-refractivity contribution in [2.45, 2.75) is 20.3 Å². The number of rotatable bonds is 4. The Morgan fingerprint density at radius 1 is 1.60 bits per heavy atom. The second kappa shape index (κ2) is 5.21. The van der Waals surface area contributed by atoms with Crippen molar-refractivity contribution in [1.29, 1.82) is 5.26 Å². The van der Waals surface area contributed by atoms with Crippen LogP contribution in [-0.2, 0) is 0 Å². The zero-order chi connectivity index (χ0) is 11.3. The number of nitriles is 1. The summed E-state index contributed by atoms with van der Waals surface area (Å²) < 4.78 is 0. The fourth-order valence-electron chi connectivity index (χ4n) is 1.22. The molecule has 0 saturated heterocycles. The Morgan fingerprint density at radius 3 is 2.93 bits per heavy atom. The number of allylic oxidation sites excluding steroid dienone is 1. The van der Waals surface area contributed by atoms with E-state index in [9.17, 15) is 0 Å². The molecule has 0 heterocycles. The lowest BCUT2D eigenvalue weighted by Crippen LogP contribution is -2.06. The number of nitrogens with zero attached hydrogens (tertiary/aromatic N) is 1. The Kier molecular flexibility index (Phi) is 3.93. The van der Waals surface area contributed by atoms with Gasteiger partial charge in [-0.2, -0.15) is 5.26 Å². The minimum Gasteiger partial charge on any atom is -0.359 e. The third-order valence-corrected chi connectivity index (χ3v) is 2.50. The van der Waals surface area contributed by atoms with Gasteiger partial charge in [-0.3, -0.25) is 0 Å². The summed E-state index contributed by atoms with van der Waals surface area (Å²) in [6.45, 7) is 8.24. The summed E-state index contributed by atoms with van der Waals surface area (Å²) in [5.74, 6) is 0.441. The second-order valence-corrected chi connectivity index (χ2v) is 3.65. The number of anilines is 1. The fraction of sp³-hybridized carbons (Fsp3) is 0.308. The van der Waals surface area contributed by atoms with Gasteiger partial charge in [0.15, 0.2) is 0 Å². The molecule has 1 unspecified atom stereocenters. The third-order valence-electron chi connectivity index (χ3n) is 2.50. The van der Waals surface area contributed by atoms with Gasteiger partial charge in [0.25, 0.3) is 0 Å². The van der Waals surface area contributed by atoms with Gasteiger partial charge in [0, 0.05) is 11.4 Å². The molecule has 1 atom stereocenters. The van der Waals surface area contributed by atoms with Gasteiger partial charge in [-0.25, -0.2) is 0 Å². The third kappa shape index (κ3) is 3.14. The molecule has 0 aliphatic heterocycles. The van der Waals surface area contributed by atoms with E-state index in [1.165, 1.54) is 0 Å². The van der Waals surface area contributed by atoms with Gasteiger partial charge in [-0.05, 0) is 30.5 Å². The van der Waals surface area contributed by atoms with Crippen LogP contribution in [0.15, 0.2) is 36.5 Å². The molecule has 0 aromatic heterocycles. The first kappa shape index (κ1) is 11.3. The molecule has 0 bridgehead atoms. The predicted molar refractivity (Wildman–Crippen MR) is 63.4 cm³/mol. The quantitative estimate of drug-likeness (QED) is 0.807. The lowest BCUT2D eigenvalue weighted by molar-refractivity contribution is 0.662. The summed E-state index contributed by atoms with van der Waals surface area (Å²) in [6, 6.07) is 9.53. The van der Waals surface area contributed by atoms with Gasteiger partial charge in [0.05, 0.1) is 11.6 Å². The minimum absolute atomic E-state index is 0.441. The van der Waals surface area contributed by atoms with Crippen molar-refractivity contribution < 1.29 is 0 Å². The summed E-state index contributed by atoms with van der Waals surface area (Å²) in [6.07, 6.45) is 1.06. The molecule has 1 rings (SSSR count). The van der Waals surface area contributed by atoms with Crippen molar-refractivity contribution in [3.05, 3.63) is 42.1 Å². The molecule has 1 aromatic carbocycles. The van der Waals surface area contributed by atoms with E-state index in [4.69, 9.17) is 5.26 Å². The van der Waals surface area contributed by atoms with Crippen LogP contribution >= 0.6 is 0 Å². The standard InChI is InChI=1S/C13H16N2/c1-4-10(2)11(3)15-13-7-5-6-12(8-13)9-14/h5-8,10,15H,3-4H2,1-2H3. The number of benzene rings is 1. The van der Waals surface area contributed by atoms with Gasteiger partial charge >= 0.3 is 0 Å². The van der Waals surface area contributed by atoms with E-state index in [1.807, 2.05) is 18.2 Å². The van der Waals surface area contributed by atoms with E-state index in [-0.39, 0.29) is 0 Å². The van der Waals surface area contributed by atoms with E-state index >= 15 is 0 Å². The number of hydrogen-bond acceptors (Lipinski definition) is 2. The zero-order valence-corrected chi connectivity index (χ0v) is 9.25. The maximum atomic E-state index is 8.75. The smallest absolute Gasteiger partial charge is 0.0992 e. The Morgan fingerprint density at radius 2 is 2.33 bits per heavy atom. The monoisotopic (exact) mass is 200 g/mol. The number of hydrogen-bond donors (Lipinski definition) is 1. The fourth-order valence-corrected chi connectivity index (χ4v) is 1.22. The summed E-state index contributed by atoms with van der Waals surface area (Å²) >= 11 is 0. The molecule has 78 valence electrons. The minimum atomic E-state index is 0.441. The van der Waals surface area contributed by atoms with Crippen molar-refractivity contribution in [3.8, 4) is 6.07 Å². The number of nitrogens with one attached hydrogen (secondary N) is 1. The first-order chi connectivity index (χ1) is 7.17. The average molecular weight is 200 g/mol. The van der Waals surface area contributed by atoms with E-state index in [2.05, 4.69) is 31.8 Å². The van der Waals surface area contributed by atoms with Gasteiger partial charge in [-0.1, -0.05) is 26.5 Å². The highest BCUT2D eigenvalue weighted by atomic mass is 14.9. The van der Waals surface area contributed by atoms with Crippen molar-refractivity contribution in [1.82, 2.24) is 0 Å². The topological polar surface area (TPSA) is 35.8 Å². The Hall–Kier alpha value is -1.75. The van der Waals surface area contributed by atoms with Crippen LogP contribution in [0.4, 0.5) is 5.69 Å². The summed E-state index contributed by atoms with van der Waals surface area (Å²) in [5.41, 5.74) is 2.59. The van der Waals surface area contributed by atoms with E-state index < -0.39 is 0 Å². The SMILES string of the molecule is C=C(Nc1cccc(C#N)c1)C(C)CC. The molecule has 0 radical (unpaired) electrons. The molecular formula is C13H16N2. The molecule has 0 aliphatic carbocycles. The highest BCUT2D eigenvalue weighted by Crippen LogP contribution is 2.17. The largest absolute Gasteiger partial charge is 0.359 e. The Balaban J connectivity index is 2.73. The molecule has 0 amide bonds. The summed E-state index contributed by atoms with van der Waals surface area (Å²) in [4.78, 5) is 0.